The summed E-state index contributed by atoms with van der Waals surface area (Å²) in [6.45, 7) is 5.75. The third-order valence-electron chi connectivity index (χ3n) is 6.10. The average molecular weight is 410 g/mol. The van der Waals surface area contributed by atoms with Crippen molar-refractivity contribution >= 4 is 21.5 Å². The molecule has 0 aromatic heterocycles. The van der Waals surface area contributed by atoms with E-state index in [-0.39, 0.29) is 19.1 Å². The van der Waals surface area contributed by atoms with E-state index in [0.717, 1.165) is 77.9 Å². The minimum Gasteiger partial charge on any atom is -0.504 e. The van der Waals surface area contributed by atoms with Crippen LogP contribution in [0.2, 0.25) is 0 Å². The van der Waals surface area contributed by atoms with Crippen molar-refractivity contribution in [2.24, 2.45) is 0 Å². The van der Waals surface area contributed by atoms with Crippen LogP contribution in [0.5, 0.6) is 23.0 Å². The van der Waals surface area contributed by atoms with E-state index in [2.05, 4.69) is 15.9 Å². The number of aliphatic hydroxyl groups is 1. The fraction of sp³-hybridized carbons (Fsp3) is 0.391. The van der Waals surface area contributed by atoms with Crippen LogP contribution in [0.25, 0.3) is 21.5 Å². The zero-order valence-electron chi connectivity index (χ0n) is 17.1. The second kappa shape index (κ2) is 7.83. The third kappa shape index (κ3) is 3.39. The molecule has 0 atom stereocenters. The minimum absolute atomic E-state index is 0.138. The van der Waals surface area contributed by atoms with Gasteiger partial charge < -0.3 is 24.4 Å². The number of rotatable bonds is 5. The van der Waals surface area contributed by atoms with E-state index >= 15 is 0 Å². The molecule has 1 fully saturated rings. The van der Waals surface area contributed by atoms with E-state index < -0.39 is 0 Å². The van der Waals surface area contributed by atoms with Gasteiger partial charge in [-0.1, -0.05) is 0 Å². The van der Waals surface area contributed by atoms with Crippen molar-refractivity contribution in [2.75, 3.05) is 53.2 Å². The molecule has 0 bridgehead atoms. The summed E-state index contributed by atoms with van der Waals surface area (Å²) in [4.78, 5) is 4.70. The number of aromatic hydroxyl groups is 1. The number of β-amino-alcohol motifs (C(OH)–C–C–N with tert-alkyl or cyclic N) is 1. The van der Waals surface area contributed by atoms with Crippen LogP contribution in [-0.4, -0.2) is 73.2 Å². The molecule has 0 unspecified atom stereocenters. The molecular weight excluding hydrogens is 384 g/mol. The van der Waals surface area contributed by atoms with Crippen LogP contribution in [-0.2, 0) is 6.54 Å². The molecule has 2 N–H and O–H groups in total. The van der Waals surface area contributed by atoms with Crippen LogP contribution >= 0.6 is 0 Å². The number of phenols is 1. The third-order valence-corrected chi connectivity index (χ3v) is 6.10. The van der Waals surface area contributed by atoms with Gasteiger partial charge in [0, 0.05) is 39.3 Å². The van der Waals surface area contributed by atoms with Crippen LogP contribution in [0, 0.1) is 0 Å². The molecule has 7 heteroatoms. The fourth-order valence-electron chi connectivity index (χ4n) is 4.48. The molecule has 2 aliphatic rings. The highest BCUT2D eigenvalue weighted by Crippen LogP contribution is 2.42. The first-order valence-corrected chi connectivity index (χ1v) is 10.3. The maximum atomic E-state index is 10.4. The Morgan fingerprint density at radius 1 is 0.900 bits per heavy atom. The largest absolute Gasteiger partial charge is 0.504 e. The number of piperazine rings is 1. The lowest BCUT2D eigenvalue weighted by Gasteiger charge is -2.34. The van der Waals surface area contributed by atoms with Crippen LogP contribution in [0.1, 0.15) is 5.56 Å². The Balaban J connectivity index is 1.58. The first-order chi connectivity index (χ1) is 14.7. The average Bonchev–Trinajstić information content (AvgIpc) is 3.21. The Kier molecular flexibility index (Phi) is 5.02. The van der Waals surface area contributed by atoms with Gasteiger partial charge in [-0.05, 0) is 57.4 Å². The molecule has 158 valence electrons. The van der Waals surface area contributed by atoms with Gasteiger partial charge in [0.2, 0.25) is 6.79 Å². The zero-order chi connectivity index (χ0) is 20.7. The molecule has 2 heterocycles. The second-order valence-electron chi connectivity index (χ2n) is 7.87. The van der Waals surface area contributed by atoms with Gasteiger partial charge in [0.25, 0.3) is 0 Å². The molecule has 0 radical (unpaired) electrons. The first-order valence-electron chi connectivity index (χ1n) is 10.3. The molecular formula is C23H26N2O5. The Bertz CT molecular complexity index is 1090. The molecule has 3 aromatic carbocycles. The van der Waals surface area contributed by atoms with Crippen molar-refractivity contribution in [3.63, 3.8) is 0 Å². The number of hydrogen-bond donors (Lipinski definition) is 2. The van der Waals surface area contributed by atoms with E-state index in [1.165, 1.54) is 0 Å². The van der Waals surface area contributed by atoms with E-state index in [0.29, 0.717) is 5.75 Å². The van der Waals surface area contributed by atoms with E-state index in [4.69, 9.17) is 19.3 Å². The maximum Gasteiger partial charge on any atom is 0.231 e. The van der Waals surface area contributed by atoms with Crippen LogP contribution in [0.3, 0.4) is 0 Å². The molecule has 30 heavy (non-hydrogen) atoms. The van der Waals surface area contributed by atoms with E-state index in [9.17, 15) is 5.11 Å². The number of hydrogen-bond acceptors (Lipinski definition) is 7. The molecule has 1 saturated heterocycles. The van der Waals surface area contributed by atoms with E-state index in [1.54, 1.807) is 13.2 Å². The summed E-state index contributed by atoms with van der Waals surface area (Å²) in [5, 5.41) is 23.8. The first kappa shape index (κ1) is 19.2. The number of ether oxygens (including phenoxy) is 3. The highest BCUT2D eigenvalue weighted by Gasteiger charge is 2.21. The van der Waals surface area contributed by atoms with Crippen molar-refractivity contribution in [3.05, 3.63) is 35.9 Å². The van der Waals surface area contributed by atoms with Gasteiger partial charge in [0.05, 0.1) is 13.7 Å². The summed E-state index contributed by atoms with van der Waals surface area (Å²) < 4.78 is 16.5. The number of benzene rings is 3. The number of aliphatic hydroxyl groups excluding tert-OH is 1. The lowest BCUT2D eigenvalue weighted by atomic mass is 9.95. The van der Waals surface area contributed by atoms with Crippen LogP contribution < -0.4 is 14.2 Å². The Labute approximate surface area is 175 Å². The zero-order valence-corrected chi connectivity index (χ0v) is 17.1. The standard InChI is InChI=1S/C23H26N2O5/c1-28-21-12-19-17(10-20(21)27)16(13-25-4-2-24(3-5-25)6-7-26)8-15-9-22-23(11-18(15)19)30-14-29-22/h8-12,26-27H,2-7,13-14H2,1H3. The minimum atomic E-state index is 0.138. The molecule has 0 saturated carbocycles. The molecule has 0 amide bonds. The molecule has 5 rings (SSSR count). The smallest absolute Gasteiger partial charge is 0.231 e. The normalized spacial score (nSPS) is 17.1. The van der Waals surface area contributed by atoms with Gasteiger partial charge in [-0.3, -0.25) is 9.80 Å². The van der Waals surface area contributed by atoms with Gasteiger partial charge >= 0.3 is 0 Å². The van der Waals surface area contributed by atoms with Gasteiger partial charge in [-0.25, -0.2) is 0 Å². The number of fused-ring (bicyclic) bond motifs is 4. The highest BCUT2D eigenvalue weighted by molar-refractivity contribution is 6.11. The summed E-state index contributed by atoms with van der Waals surface area (Å²) in [6, 6.07) is 9.92. The highest BCUT2D eigenvalue weighted by atomic mass is 16.7. The summed E-state index contributed by atoms with van der Waals surface area (Å²) in [7, 11) is 1.56. The molecule has 3 aromatic rings. The molecule has 0 spiro atoms. The topological polar surface area (TPSA) is 74.6 Å². The summed E-state index contributed by atoms with van der Waals surface area (Å²) in [5.74, 6) is 2.09. The van der Waals surface area contributed by atoms with E-state index in [1.807, 2.05) is 18.2 Å². The van der Waals surface area contributed by atoms with Crippen molar-refractivity contribution in [2.45, 2.75) is 6.54 Å². The van der Waals surface area contributed by atoms with Crippen LogP contribution in [0.15, 0.2) is 30.3 Å². The number of nitrogens with zero attached hydrogens (tertiary/aromatic N) is 2. The summed E-state index contributed by atoms with van der Waals surface area (Å²) in [6.07, 6.45) is 0. The van der Waals surface area contributed by atoms with Gasteiger partial charge in [-0.2, -0.15) is 0 Å². The van der Waals surface area contributed by atoms with Crippen molar-refractivity contribution < 1.29 is 24.4 Å². The summed E-state index contributed by atoms with van der Waals surface area (Å²) >= 11 is 0. The van der Waals surface area contributed by atoms with Crippen molar-refractivity contribution in [3.8, 4) is 23.0 Å². The predicted octanol–water partition coefficient (Wildman–Crippen LogP) is 2.55. The Morgan fingerprint density at radius 3 is 2.37 bits per heavy atom. The molecule has 7 nitrogen and oxygen atoms in total. The number of phenolic OH excluding ortho intramolecular Hbond substituents is 1. The van der Waals surface area contributed by atoms with Gasteiger partial charge in [-0.15, -0.1) is 0 Å². The van der Waals surface area contributed by atoms with Crippen molar-refractivity contribution in [1.82, 2.24) is 9.80 Å². The predicted molar refractivity (Wildman–Crippen MR) is 115 cm³/mol. The Hall–Kier alpha value is -2.74. The lowest BCUT2D eigenvalue weighted by Crippen LogP contribution is -2.46. The summed E-state index contributed by atoms with van der Waals surface area (Å²) in [5.41, 5.74) is 1.16. The van der Waals surface area contributed by atoms with Crippen molar-refractivity contribution in [1.29, 1.82) is 0 Å². The number of methoxy groups -OCH3 is 1. The SMILES string of the molecule is COc1cc2c(cc1O)c(CN1CCN(CCO)CC1)cc1cc3c(cc12)OCO3. The van der Waals surface area contributed by atoms with Gasteiger partial charge in [0.15, 0.2) is 23.0 Å². The Morgan fingerprint density at radius 2 is 1.63 bits per heavy atom. The fourth-order valence-corrected chi connectivity index (χ4v) is 4.48. The maximum absolute atomic E-state index is 10.4. The van der Waals surface area contributed by atoms with Gasteiger partial charge in [0.1, 0.15) is 0 Å². The molecule has 2 aliphatic heterocycles. The van der Waals surface area contributed by atoms with Crippen LogP contribution in [0.4, 0.5) is 0 Å². The molecule has 0 aliphatic carbocycles. The second-order valence-corrected chi connectivity index (χ2v) is 7.87. The monoisotopic (exact) mass is 410 g/mol. The quantitative estimate of drug-likeness (QED) is 0.626. The lowest BCUT2D eigenvalue weighted by molar-refractivity contribution is 0.109.